The number of nitro groups is 1. The van der Waals surface area contributed by atoms with Crippen molar-refractivity contribution in [2.75, 3.05) is 0 Å². The summed E-state index contributed by atoms with van der Waals surface area (Å²) >= 11 is 3.04. The average molecular weight is 243 g/mol. The van der Waals surface area contributed by atoms with Crippen LogP contribution in [0.5, 0.6) is 0 Å². The Morgan fingerprint density at radius 1 is 1.54 bits per heavy atom. The van der Waals surface area contributed by atoms with E-state index in [1.54, 1.807) is 6.07 Å². The van der Waals surface area contributed by atoms with Crippen molar-refractivity contribution in [3.63, 3.8) is 0 Å². The van der Waals surface area contributed by atoms with Crippen LogP contribution in [0, 0.1) is 10.1 Å². The van der Waals surface area contributed by atoms with Gasteiger partial charge in [0.15, 0.2) is 5.69 Å². The number of para-hydroxylation sites is 1. The van der Waals surface area contributed by atoms with E-state index in [0.717, 1.165) is 0 Å². The molecule has 13 heavy (non-hydrogen) atoms. The first kappa shape index (κ1) is 9.57. The van der Waals surface area contributed by atoms with Crippen LogP contribution >= 0.6 is 15.9 Å². The molecule has 0 aliphatic rings. The summed E-state index contributed by atoms with van der Waals surface area (Å²) in [4.78, 5) is 23.0. The Kier molecular flexibility index (Phi) is 2.89. The Morgan fingerprint density at radius 2 is 2.23 bits per heavy atom. The lowest BCUT2D eigenvalue weighted by molar-refractivity contribution is -0.384. The largest absolute Gasteiger partial charge is 0.296 e. The summed E-state index contributed by atoms with van der Waals surface area (Å²) in [6.07, 6.45) is 1.26. The SMILES string of the molecule is O=C=Nc1c(Br)cccc1[N+](=O)[O-]. The molecule has 0 aliphatic heterocycles. The lowest BCUT2D eigenvalue weighted by atomic mass is 10.3. The van der Waals surface area contributed by atoms with Crippen LogP contribution in [0.25, 0.3) is 0 Å². The molecule has 0 saturated heterocycles. The minimum absolute atomic E-state index is 0.0116. The fraction of sp³-hybridized carbons (Fsp3) is 0. The fourth-order valence-corrected chi connectivity index (χ4v) is 1.25. The van der Waals surface area contributed by atoms with Gasteiger partial charge in [0.1, 0.15) is 0 Å². The van der Waals surface area contributed by atoms with E-state index in [-0.39, 0.29) is 11.4 Å². The van der Waals surface area contributed by atoms with Crippen LogP contribution in [0.3, 0.4) is 0 Å². The molecule has 0 fully saturated rings. The van der Waals surface area contributed by atoms with E-state index in [1.165, 1.54) is 18.2 Å². The zero-order valence-corrected chi connectivity index (χ0v) is 7.82. The third-order valence-electron chi connectivity index (χ3n) is 1.32. The normalized spacial score (nSPS) is 9.00. The summed E-state index contributed by atoms with van der Waals surface area (Å²) in [7, 11) is 0. The van der Waals surface area contributed by atoms with Crippen molar-refractivity contribution in [1.82, 2.24) is 0 Å². The van der Waals surface area contributed by atoms with E-state index >= 15 is 0 Å². The predicted molar refractivity (Wildman–Crippen MR) is 48.6 cm³/mol. The van der Waals surface area contributed by atoms with Crippen molar-refractivity contribution >= 4 is 33.4 Å². The van der Waals surface area contributed by atoms with Crippen molar-refractivity contribution in [1.29, 1.82) is 0 Å². The lowest BCUT2D eigenvalue weighted by Crippen LogP contribution is -1.88. The third-order valence-corrected chi connectivity index (χ3v) is 1.96. The number of rotatable bonds is 2. The summed E-state index contributed by atoms with van der Waals surface area (Å²) in [5.41, 5.74) is -0.236. The van der Waals surface area contributed by atoms with Crippen molar-refractivity contribution < 1.29 is 9.72 Å². The number of aliphatic imine (C=N–C) groups is 1. The predicted octanol–water partition coefficient (Wildman–Crippen LogP) is 2.32. The number of carbonyl (C=O) groups excluding carboxylic acids is 1. The minimum Gasteiger partial charge on any atom is -0.258 e. The molecule has 0 bridgehead atoms. The molecule has 0 radical (unpaired) electrons. The van der Waals surface area contributed by atoms with Gasteiger partial charge in [-0.2, -0.15) is 4.99 Å². The molecule has 0 spiro atoms. The maximum absolute atomic E-state index is 10.4. The maximum atomic E-state index is 10.4. The molecule has 0 unspecified atom stereocenters. The number of hydrogen-bond donors (Lipinski definition) is 0. The van der Waals surface area contributed by atoms with Crippen molar-refractivity contribution in [2.45, 2.75) is 0 Å². The molecule has 0 heterocycles. The van der Waals surface area contributed by atoms with Gasteiger partial charge in [0.05, 0.1) is 9.40 Å². The molecule has 0 aromatic heterocycles. The second kappa shape index (κ2) is 3.93. The van der Waals surface area contributed by atoms with Crippen LogP contribution in [-0.4, -0.2) is 11.0 Å². The Labute approximate surface area is 81.4 Å². The third kappa shape index (κ3) is 1.99. The minimum atomic E-state index is -0.610. The molecular formula is C7H3BrN2O3. The molecule has 1 aromatic rings. The standard InChI is InChI=1S/C7H3BrN2O3/c8-5-2-1-3-6(10(12)13)7(5)9-4-11/h1-3H. The van der Waals surface area contributed by atoms with E-state index < -0.39 is 4.92 Å². The second-order valence-corrected chi connectivity index (χ2v) is 2.92. The van der Waals surface area contributed by atoms with E-state index in [1.807, 2.05) is 0 Å². The molecule has 0 saturated carbocycles. The molecule has 0 N–H and O–H groups in total. The number of isocyanates is 1. The number of hydrogen-bond acceptors (Lipinski definition) is 4. The van der Waals surface area contributed by atoms with E-state index in [2.05, 4.69) is 20.9 Å². The molecular weight excluding hydrogens is 240 g/mol. The molecule has 6 heteroatoms. The highest BCUT2D eigenvalue weighted by atomic mass is 79.9. The smallest absolute Gasteiger partial charge is 0.258 e. The summed E-state index contributed by atoms with van der Waals surface area (Å²) in [5.74, 6) is 0. The first-order chi connectivity index (χ1) is 6.16. The highest BCUT2D eigenvalue weighted by Crippen LogP contribution is 2.34. The first-order valence-electron chi connectivity index (χ1n) is 3.17. The maximum Gasteiger partial charge on any atom is 0.296 e. The van der Waals surface area contributed by atoms with E-state index in [4.69, 9.17) is 0 Å². The van der Waals surface area contributed by atoms with Gasteiger partial charge in [-0.1, -0.05) is 6.07 Å². The van der Waals surface area contributed by atoms with Crippen LogP contribution in [0.15, 0.2) is 27.7 Å². The summed E-state index contributed by atoms with van der Waals surface area (Å²) in [6, 6.07) is 4.32. The van der Waals surface area contributed by atoms with Crippen LogP contribution in [0.2, 0.25) is 0 Å². The van der Waals surface area contributed by atoms with Crippen LogP contribution in [-0.2, 0) is 4.79 Å². The van der Waals surface area contributed by atoms with Crippen molar-refractivity contribution in [2.24, 2.45) is 4.99 Å². The molecule has 66 valence electrons. The summed E-state index contributed by atoms with van der Waals surface area (Å²) < 4.78 is 0.394. The summed E-state index contributed by atoms with van der Waals surface area (Å²) in [5, 5.41) is 10.4. The fourth-order valence-electron chi connectivity index (χ4n) is 0.808. The Hall–Kier alpha value is -1.52. The molecule has 5 nitrogen and oxygen atoms in total. The Bertz CT molecular complexity index is 399. The zero-order chi connectivity index (χ0) is 9.84. The van der Waals surface area contributed by atoms with Gasteiger partial charge in [0.2, 0.25) is 6.08 Å². The second-order valence-electron chi connectivity index (χ2n) is 2.07. The quantitative estimate of drug-likeness (QED) is 0.346. The van der Waals surface area contributed by atoms with Crippen molar-refractivity contribution in [3.8, 4) is 0 Å². The molecule has 1 aromatic carbocycles. The lowest BCUT2D eigenvalue weighted by Gasteiger charge is -1.96. The molecule has 0 aliphatic carbocycles. The monoisotopic (exact) mass is 242 g/mol. The molecule has 1 rings (SSSR count). The van der Waals surface area contributed by atoms with Gasteiger partial charge in [0.25, 0.3) is 5.69 Å². The molecule has 0 atom stereocenters. The van der Waals surface area contributed by atoms with Gasteiger partial charge in [-0.25, -0.2) is 4.79 Å². The van der Waals surface area contributed by atoms with E-state index in [0.29, 0.717) is 4.47 Å². The highest BCUT2D eigenvalue weighted by molar-refractivity contribution is 9.10. The van der Waals surface area contributed by atoms with Crippen LogP contribution in [0.1, 0.15) is 0 Å². The first-order valence-corrected chi connectivity index (χ1v) is 3.97. The number of halogens is 1. The van der Waals surface area contributed by atoms with Gasteiger partial charge in [-0.15, -0.1) is 0 Å². The van der Waals surface area contributed by atoms with Crippen LogP contribution in [0.4, 0.5) is 11.4 Å². The number of nitrogens with zero attached hydrogens (tertiary/aromatic N) is 2. The van der Waals surface area contributed by atoms with Gasteiger partial charge in [0, 0.05) is 6.07 Å². The Balaban J connectivity index is 3.42. The van der Waals surface area contributed by atoms with Crippen molar-refractivity contribution in [3.05, 3.63) is 32.8 Å². The van der Waals surface area contributed by atoms with Gasteiger partial charge >= 0.3 is 0 Å². The van der Waals surface area contributed by atoms with E-state index in [9.17, 15) is 14.9 Å². The number of nitro benzene ring substituents is 1. The summed E-state index contributed by atoms with van der Waals surface area (Å²) in [6.45, 7) is 0. The average Bonchev–Trinajstić information content (AvgIpc) is 2.08. The highest BCUT2D eigenvalue weighted by Gasteiger charge is 2.15. The van der Waals surface area contributed by atoms with Crippen LogP contribution < -0.4 is 0 Å². The topological polar surface area (TPSA) is 72.6 Å². The van der Waals surface area contributed by atoms with Gasteiger partial charge in [-0.05, 0) is 22.0 Å². The zero-order valence-electron chi connectivity index (χ0n) is 6.23. The van der Waals surface area contributed by atoms with Gasteiger partial charge in [-0.3, -0.25) is 10.1 Å². The Morgan fingerprint density at radius 3 is 2.77 bits per heavy atom. The van der Waals surface area contributed by atoms with Gasteiger partial charge < -0.3 is 0 Å². The molecule has 0 amide bonds. The number of benzene rings is 1.